The van der Waals surface area contributed by atoms with E-state index in [1.165, 1.54) is 44.9 Å². The van der Waals surface area contributed by atoms with Crippen LogP contribution in [-0.2, 0) is 0 Å². The molecule has 4 aliphatic carbocycles. The van der Waals surface area contributed by atoms with E-state index < -0.39 is 0 Å². The number of aliphatic hydroxyl groups is 2. The Hall–Kier alpha value is -0.0800. The standard InChI is InChI=1S/C27H48O2/c1-17(2)7-6-8-18(3)21-9-10-22-20-16-25(29)24-15-19(28)11-13-27(24,5)23(20)12-14-26(21,22)4/h17-25,28-29H,6-16H2,1-5H3/t18-,19?,20+,21-,22+,23+,24?,25?,26-,27-/m1/s1. The van der Waals surface area contributed by atoms with E-state index in [1.54, 1.807) is 0 Å². The van der Waals surface area contributed by atoms with Crippen molar-refractivity contribution in [2.75, 3.05) is 0 Å². The van der Waals surface area contributed by atoms with Crippen LogP contribution < -0.4 is 0 Å². The first-order chi connectivity index (χ1) is 13.7. The summed E-state index contributed by atoms with van der Waals surface area (Å²) in [6.07, 6.45) is 13.3. The fraction of sp³-hybridized carbons (Fsp3) is 1.00. The first kappa shape index (κ1) is 22.1. The van der Waals surface area contributed by atoms with E-state index in [2.05, 4.69) is 34.6 Å². The highest BCUT2D eigenvalue weighted by Gasteiger charge is 2.62. The van der Waals surface area contributed by atoms with Crippen molar-refractivity contribution in [3.05, 3.63) is 0 Å². The number of rotatable bonds is 5. The molecule has 29 heavy (non-hydrogen) atoms. The lowest BCUT2D eigenvalue weighted by Gasteiger charge is -2.62. The smallest absolute Gasteiger partial charge is 0.0577 e. The topological polar surface area (TPSA) is 40.5 Å². The summed E-state index contributed by atoms with van der Waals surface area (Å²) < 4.78 is 0. The summed E-state index contributed by atoms with van der Waals surface area (Å²) in [5.74, 6) is 5.20. The van der Waals surface area contributed by atoms with Crippen molar-refractivity contribution >= 4 is 0 Å². The molecule has 0 aromatic carbocycles. The molecular formula is C27H48O2. The van der Waals surface area contributed by atoms with Crippen LogP contribution in [0.3, 0.4) is 0 Å². The fourth-order valence-corrected chi connectivity index (χ4v) is 9.30. The largest absolute Gasteiger partial charge is 0.393 e. The Labute approximate surface area is 180 Å². The van der Waals surface area contributed by atoms with Crippen molar-refractivity contribution in [1.82, 2.24) is 0 Å². The third-order valence-electron chi connectivity index (χ3n) is 10.9. The third kappa shape index (κ3) is 3.73. The maximum absolute atomic E-state index is 11.2. The molecular weight excluding hydrogens is 356 g/mol. The third-order valence-corrected chi connectivity index (χ3v) is 10.9. The molecule has 0 aliphatic heterocycles. The van der Waals surface area contributed by atoms with E-state index in [1.807, 2.05) is 0 Å². The van der Waals surface area contributed by atoms with Crippen molar-refractivity contribution in [1.29, 1.82) is 0 Å². The van der Waals surface area contributed by atoms with Crippen LogP contribution >= 0.6 is 0 Å². The molecule has 0 bridgehead atoms. The van der Waals surface area contributed by atoms with E-state index in [0.29, 0.717) is 17.3 Å². The zero-order valence-electron chi connectivity index (χ0n) is 19.9. The van der Waals surface area contributed by atoms with E-state index in [-0.39, 0.29) is 17.6 Å². The van der Waals surface area contributed by atoms with Gasteiger partial charge in [-0.3, -0.25) is 0 Å². The lowest BCUT2D eigenvalue weighted by atomic mass is 9.44. The highest BCUT2D eigenvalue weighted by molar-refractivity contribution is 5.11. The van der Waals surface area contributed by atoms with Gasteiger partial charge in [0.2, 0.25) is 0 Å². The Kier molecular flexibility index (Phi) is 6.19. The number of hydrogen-bond donors (Lipinski definition) is 2. The summed E-state index contributed by atoms with van der Waals surface area (Å²) >= 11 is 0. The Morgan fingerprint density at radius 1 is 0.793 bits per heavy atom. The van der Waals surface area contributed by atoms with Crippen molar-refractivity contribution in [2.45, 2.75) is 117 Å². The van der Waals surface area contributed by atoms with Crippen LogP contribution in [0, 0.1) is 52.3 Å². The second-order valence-electron chi connectivity index (χ2n) is 12.8. The van der Waals surface area contributed by atoms with Crippen LogP contribution in [-0.4, -0.2) is 22.4 Å². The fourth-order valence-electron chi connectivity index (χ4n) is 9.30. The van der Waals surface area contributed by atoms with Crippen LogP contribution in [0.1, 0.15) is 105 Å². The van der Waals surface area contributed by atoms with Gasteiger partial charge in [-0.15, -0.1) is 0 Å². The molecule has 2 N–H and O–H groups in total. The van der Waals surface area contributed by atoms with Gasteiger partial charge >= 0.3 is 0 Å². The monoisotopic (exact) mass is 404 g/mol. The molecule has 4 saturated carbocycles. The summed E-state index contributed by atoms with van der Waals surface area (Å²) in [5.41, 5.74) is 0.749. The molecule has 2 nitrogen and oxygen atoms in total. The number of fused-ring (bicyclic) bond motifs is 5. The predicted molar refractivity (Wildman–Crippen MR) is 120 cm³/mol. The van der Waals surface area contributed by atoms with Gasteiger partial charge in [0, 0.05) is 0 Å². The maximum Gasteiger partial charge on any atom is 0.0577 e. The molecule has 10 atom stereocenters. The molecule has 0 saturated heterocycles. The van der Waals surface area contributed by atoms with Gasteiger partial charge in [0.15, 0.2) is 0 Å². The average molecular weight is 405 g/mol. The number of aliphatic hydroxyl groups excluding tert-OH is 2. The van der Waals surface area contributed by atoms with Crippen LogP contribution in [0.2, 0.25) is 0 Å². The summed E-state index contributed by atoms with van der Waals surface area (Å²) in [6, 6.07) is 0. The summed E-state index contributed by atoms with van der Waals surface area (Å²) in [7, 11) is 0. The lowest BCUT2D eigenvalue weighted by molar-refractivity contribution is -0.172. The lowest BCUT2D eigenvalue weighted by Crippen LogP contribution is -2.58. The highest BCUT2D eigenvalue weighted by atomic mass is 16.3. The van der Waals surface area contributed by atoms with Gasteiger partial charge in [0.1, 0.15) is 0 Å². The summed E-state index contributed by atoms with van der Waals surface area (Å²) in [4.78, 5) is 0. The summed E-state index contributed by atoms with van der Waals surface area (Å²) in [5, 5.41) is 21.4. The Morgan fingerprint density at radius 2 is 1.48 bits per heavy atom. The van der Waals surface area contributed by atoms with E-state index >= 15 is 0 Å². The van der Waals surface area contributed by atoms with Crippen molar-refractivity contribution in [3.63, 3.8) is 0 Å². The zero-order chi connectivity index (χ0) is 21.0. The van der Waals surface area contributed by atoms with Crippen LogP contribution in [0.15, 0.2) is 0 Å². The Morgan fingerprint density at radius 3 is 2.21 bits per heavy atom. The molecule has 4 aliphatic rings. The first-order valence-electron chi connectivity index (χ1n) is 13.0. The molecule has 0 amide bonds. The molecule has 3 unspecified atom stereocenters. The summed E-state index contributed by atoms with van der Waals surface area (Å²) in [6.45, 7) is 12.4. The van der Waals surface area contributed by atoms with E-state index in [0.717, 1.165) is 55.3 Å². The molecule has 4 fully saturated rings. The van der Waals surface area contributed by atoms with Crippen molar-refractivity contribution in [2.24, 2.45) is 52.3 Å². The molecule has 0 aromatic rings. The Balaban J connectivity index is 1.50. The average Bonchev–Trinajstić information content (AvgIpc) is 3.00. The van der Waals surface area contributed by atoms with Gasteiger partial charge < -0.3 is 10.2 Å². The molecule has 0 heterocycles. The van der Waals surface area contributed by atoms with Crippen molar-refractivity contribution < 1.29 is 10.2 Å². The minimum atomic E-state index is -0.193. The molecule has 0 radical (unpaired) electrons. The highest BCUT2D eigenvalue weighted by Crippen LogP contribution is 2.68. The SMILES string of the molecule is CC(C)CCC[C@@H](C)[C@H]1CC[C@H]2[C@@H]3CC(O)C4CC(O)CC[C@]4(C)[C@H]3CC[C@]12C. The second-order valence-corrected chi connectivity index (χ2v) is 12.8. The zero-order valence-corrected chi connectivity index (χ0v) is 19.9. The molecule has 168 valence electrons. The van der Waals surface area contributed by atoms with Gasteiger partial charge in [-0.1, -0.05) is 53.9 Å². The predicted octanol–water partition coefficient (Wildman–Crippen LogP) is 6.44. The van der Waals surface area contributed by atoms with Gasteiger partial charge in [-0.05, 0) is 104 Å². The van der Waals surface area contributed by atoms with Gasteiger partial charge in [-0.25, -0.2) is 0 Å². The van der Waals surface area contributed by atoms with Crippen LogP contribution in [0.25, 0.3) is 0 Å². The molecule has 2 heteroatoms. The van der Waals surface area contributed by atoms with E-state index in [4.69, 9.17) is 0 Å². The second kappa shape index (κ2) is 8.12. The normalized spacial score (nSPS) is 50.7. The molecule has 4 rings (SSSR count). The maximum atomic E-state index is 11.2. The van der Waals surface area contributed by atoms with Crippen LogP contribution in [0.4, 0.5) is 0 Å². The van der Waals surface area contributed by atoms with Crippen LogP contribution in [0.5, 0.6) is 0 Å². The minimum Gasteiger partial charge on any atom is -0.393 e. The minimum absolute atomic E-state index is 0.185. The van der Waals surface area contributed by atoms with Gasteiger partial charge in [0.05, 0.1) is 12.2 Å². The van der Waals surface area contributed by atoms with Crippen molar-refractivity contribution in [3.8, 4) is 0 Å². The Bertz CT molecular complexity index is 573. The van der Waals surface area contributed by atoms with Gasteiger partial charge in [0.25, 0.3) is 0 Å². The van der Waals surface area contributed by atoms with E-state index in [9.17, 15) is 10.2 Å². The molecule has 0 spiro atoms. The first-order valence-corrected chi connectivity index (χ1v) is 13.0. The quantitative estimate of drug-likeness (QED) is 0.553. The van der Waals surface area contributed by atoms with Gasteiger partial charge in [-0.2, -0.15) is 0 Å². The number of hydrogen-bond acceptors (Lipinski definition) is 2. The molecule has 0 aromatic heterocycles.